The maximum atomic E-state index is 5.33. The lowest BCUT2D eigenvalue weighted by atomic mass is 10.3. The van der Waals surface area contributed by atoms with Crippen molar-refractivity contribution in [2.75, 3.05) is 46.4 Å². The number of nitrogens with zero attached hydrogens (tertiary/aromatic N) is 3. The first kappa shape index (κ1) is 18.1. The number of pyridine rings is 1. The van der Waals surface area contributed by atoms with Crippen molar-refractivity contribution < 1.29 is 4.74 Å². The van der Waals surface area contributed by atoms with Crippen molar-refractivity contribution in [2.45, 2.75) is 6.54 Å². The van der Waals surface area contributed by atoms with E-state index in [-0.39, 0.29) is 24.0 Å². The van der Waals surface area contributed by atoms with Gasteiger partial charge in [0.15, 0.2) is 5.96 Å². The molecule has 1 aromatic heterocycles. The van der Waals surface area contributed by atoms with Crippen molar-refractivity contribution in [3.05, 3.63) is 30.1 Å². The van der Waals surface area contributed by atoms with E-state index in [9.17, 15) is 0 Å². The van der Waals surface area contributed by atoms with Gasteiger partial charge in [-0.3, -0.25) is 14.9 Å². The first-order chi connectivity index (χ1) is 9.88. The van der Waals surface area contributed by atoms with Gasteiger partial charge in [0.1, 0.15) is 0 Å². The zero-order chi connectivity index (χ0) is 14.0. The normalized spacial score (nSPS) is 16.1. The molecule has 1 fully saturated rings. The van der Waals surface area contributed by atoms with Crippen LogP contribution in [0.1, 0.15) is 5.56 Å². The van der Waals surface area contributed by atoms with Crippen LogP contribution in [0.2, 0.25) is 0 Å². The van der Waals surface area contributed by atoms with Gasteiger partial charge in [0.2, 0.25) is 0 Å². The molecule has 0 aromatic carbocycles. The predicted molar refractivity (Wildman–Crippen MR) is 95.1 cm³/mol. The Kier molecular flexibility index (Phi) is 9.27. The zero-order valence-electron chi connectivity index (χ0n) is 12.4. The van der Waals surface area contributed by atoms with Gasteiger partial charge in [0.05, 0.1) is 13.2 Å². The van der Waals surface area contributed by atoms with Crippen LogP contribution < -0.4 is 10.6 Å². The van der Waals surface area contributed by atoms with Crippen LogP contribution in [0.15, 0.2) is 29.5 Å². The summed E-state index contributed by atoms with van der Waals surface area (Å²) < 4.78 is 5.33. The van der Waals surface area contributed by atoms with Gasteiger partial charge in [-0.25, -0.2) is 0 Å². The van der Waals surface area contributed by atoms with Gasteiger partial charge < -0.3 is 15.4 Å². The average molecular weight is 405 g/mol. The number of halogens is 1. The lowest BCUT2D eigenvalue weighted by molar-refractivity contribution is 0.0389. The van der Waals surface area contributed by atoms with E-state index < -0.39 is 0 Å². The molecule has 21 heavy (non-hydrogen) atoms. The van der Waals surface area contributed by atoms with Crippen LogP contribution in [0.4, 0.5) is 0 Å². The topological polar surface area (TPSA) is 61.8 Å². The smallest absolute Gasteiger partial charge is 0.191 e. The van der Waals surface area contributed by atoms with Crippen LogP contribution in [0.3, 0.4) is 0 Å². The van der Waals surface area contributed by atoms with Crippen LogP contribution in [-0.4, -0.2) is 62.3 Å². The van der Waals surface area contributed by atoms with Crippen molar-refractivity contribution in [1.82, 2.24) is 20.5 Å². The number of hydrogen-bond donors (Lipinski definition) is 2. The highest BCUT2D eigenvalue weighted by molar-refractivity contribution is 14.0. The monoisotopic (exact) mass is 405 g/mol. The predicted octanol–water partition coefficient (Wildman–Crippen LogP) is 0.697. The van der Waals surface area contributed by atoms with Crippen LogP contribution in [-0.2, 0) is 11.3 Å². The van der Waals surface area contributed by atoms with E-state index >= 15 is 0 Å². The van der Waals surface area contributed by atoms with Crippen molar-refractivity contribution in [1.29, 1.82) is 0 Å². The van der Waals surface area contributed by atoms with Gasteiger partial charge in [0.25, 0.3) is 0 Å². The number of guanidine groups is 1. The van der Waals surface area contributed by atoms with Crippen molar-refractivity contribution in [3.8, 4) is 0 Å². The Balaban J connectivity index is 0.00000220. The quantitative estimate of drug-likeness (QED) is 0.429. The lowest BCUT2D eigenvalue weighted by Gasteiger charge is -2.26. The highest BCUT2D eigenvalue weighted by Crippen LogP contribution is 1.95. The lowest BCUT2D eigenvalue weighted by Crippen LogP contribution is -2.44. The molecule has 0 unspecified atom stereocenters. The van der Waals surface area contributed by atoms with Gasteiger partial charge in [-0.15, -0.1) is 24.0 Å². The first-order valence-electron chi connectivity index (χ1n) is 7.02. The Morgan fingerprint density at radius 2 is 2.19 bits per heavy atom. The minimum absolute atomic E-state index is 0. The highest BCUT2D eigenvalue weighted by atomic mass is 127. The van der Waals surface area contributed by atoms with Crippen LogP contribution in [0, 0.1) is 0 Å². The zero-order valence-corrected chi connectivity index (χ0v) is 14.7. The van der Waals surface area contributed by atoms with E-state index in [1.165, 1.54) is 0 Å². The fourth-order valence-electron chi connectivity index (χ4n) is 2.07. The Bertz CT molecular complexity index is 409. The Morgan fingerprint density at radius 3 is 2.86 bits per heavy atom. The molecular weight excluding hydrogens is 381 g/mol. The molecule has 0 bridgehead atoms. The number of aromatic nitrogens is 1. The summed E-state index contributed by atoms with van der Waals surface area (Å²) in [6.45, 7) is 6.34. The summed E-state index contributed by atoms with van der Waals surface area (Å²) in [4.78, 5) is 10.7. The molecule has 0 spiro atoms. The van der Waals surface area contributed by atoms with E-state index in [1.54, 1.807) is 13.2 Å². The van der Waals surface area contributed by atoms with Crippen LogP contribution >= 0.6 is 24.0 Å². The third-order valence-electron chi connectivity index (χ3n) is 3.23. The largest absolute Gasteiger partial charge is 0.379 e. The number of morpholine rings is 1. The maximum absolute atomic E-state index is 5.33. The minimum atomic E-state index is 0. The molecule has 0 aliphatic carbocycles. The van der Waals surface area contributed by atoms with Gasteiger partial charge in [0, 0.05) is 52.2 Å². The summed E-state index contributed by atoms with van der Waals surface area (Å²) in [6.07, 6.45) is 3.63. The van der Waals surface area contributed by atoms with Crippen molar-refractivity contribution in [3.63, 3.8) is 0 Å². The summed E-state index contributed by atoms with van der Waals surface area (Å²) in [5.74, 6) is 0.821. The average Bonchev–Trinajstić information content (AvgIpc) is 2.52. The number of rotatable bonds is 5. The molecule has 118 valence electrons. The molecule has 1 aliphatic heterocycles. The standard InChI is InChI=1S/C14H23N5O.HI/c1-15-14(18-12-13-3-2-4-16-11-13)17-5-6-19-7-9-20-10-8-19;/h2-4,11H,5-10,12H2,1H3,(H2,15,17,18);1H. The van der Waals surface area contributed by atoms with Gasteiger partial charge in [-0.2, -0.15) is 0 Å². The molecule has 0 radical (unpaired) electrons. The second-order valence-electron chi connectivity index (χ2n) is 4.67. The SMILES string of the molecule is CN=C(NCCN1CCOCC1)NCc1cccnc1.I. The molecule has 6 nitrogen and oxygen atoms in total. The van der Waals surface area contributed by atoms with Crippen molar-refractivity contribution >= 4 is 29.9 Å². The molecule has 1 aromatic rings. The Labute approximate surface area is 143 Å². The second kappa shape index (κ2) is 10.7. The number of nitrogens with one attached hydrogen (secondary N) is 2. The molecule has 7 heteroatoms. The van der Waals surface area contributed by atoms with E-state index in [4.69, 9.17) is 4.74 Å². The fraction of sp³-hybridized carbons (Fsp3) is 0.571. The molecule has 1 saturated heterocycles. The van der Waals surface area contributed by atoms with Crippen molar-refractivity contribution in [2.24, 2.45) is 4.99 Å². The minimum Gasteiger partial charge on any atom is -0.379 e. The van der Waals surface area contributed by atoms with Crippen LogP contribution in [0.5, 0.6) is 0 Å². The third kappa shape index (κ3) is 7.05. The summed E-state index contributed by atoms with van der Waals surface area (Å²) in [7, 11) is 1.79. The van der Waals surface area contributed by atoms with Gasteiger partial charge in [-0.05, 0) is 11.6 Å². The highest BCUT2D eigenvalue weighted by Gasteiger charge is 2.09. The number of aliphatic imine (C=N–C) groups is 1. The van der Waals surface area contributed by atoms with E-state index in [0.29, 0.717) is 0 Å². The first-order valence-corrected chi connectivity index (χ1v) is 7.02. The molecule has 0 amide bonds. The van der Waals surface area contributed by atoms with E-state index in [2.05, 4.69) is 25.5 Å². The summed E-state index contributed by atoms with van der Waals surface area (Å²) >= 11 is 0. The number of ether oxygens (including phenoxy) is 1. The molecule has 2 N–H and O–H groups in total. The second-order valence-corrected chi connectivity index (χ2v) is 4.67. The van der Waals surface area contributed by atoms with E-state index in [0.717, 1.165) is 57.5 Å². The summed E-state index contributed by atoms with van der Waals surface area (Å²) in [5, 5.41) is 6.60. The summed E-state index contributed by atoms with van der Waals surface area (Å²) in [5.41, 5.74) is 1.14. The molecule has 2 heterocycles. The molecule has 0 atom stereocenters. The fourth-order valence-corrected chi connectivity index (χ4v) is 2.07. The third-order valence-corrected chi connectivity index (χ3v) is 3.23. The molecule has 2 rings (SSSR count). The van der Waals surface area contributed by atoms with Crippen LogP contribution in [0.25, 0.3) is 0 Å². The molecular formula is C14H24IN5O. The van der Waals surface area contributed by atoms with Gasteiger partial charge in [-0.1, -0.05) is 6.07 Å². The summed E-state index contributed by atoms with van der Waals surface area (Å²) in [6, 6.07) is 3.98. The van der Waals surface area contributed by atoms with E-state index in [1.807, 2.05) is 18.3 Å². The van der Waals surface area contributed by atoms with Gasteiger partial charge >= 0.3 is 0 Å². The molecule has 0 saturated carbocycles. The Morgan fingerprint density at radius 1 is 1.38 bits per heavy atom. The Hall–Kier alpha value is -0.930. The maximum Gasteiger partial charge on any atom is 0.191 e. The molecule has 1 aliphatic rings. The number of hydrogen-bond acceptors (Lipinski definition) is 4.